The number of hydrogen-bond donors (Lipinski definition) is 1. The summed E-state index contributed by atoms with van der Waals surface area (Å²) in [5.41, 5.74) is 11.2. The van der Waals surface area contributed by atoms with Gasteiger partial charge in [0.25, 0.3) is 5.89 Å². The molecule has 0 radical (unpaired) electrons. The highest BCUT2D eigenvalue weighted by atomic mass is 16.5. The van der Waals surface area contributed by atoms with E-state index >= 15 is 0 Å². The van der Waals surface area contributed by atoms with Crippen molar-refractivity contribution in [3.63, 3.8) is 0 Å². The molecule has 0 aliphatic carbocycles. The summed E-state index contributed by atoms with van der Waals surface area (Å²) in [6.45, 7) is 5.95. The minimum Gasteiger partial charge on any atom is -0.399 e. The van der Waals surface area contributed by atoms with E-state index < -0.39 is 0 Å². The molecule has 1 aromatic carbocycles. The van der Waals surface area contributed by atoms with Gasteiger partial charge >= 0.3 is 0 Å². The lowest BCUT2D eigenvalue weighted by molar-refractivity contribution is 0.432. The van der Waals surface area contributed by atoms with Crippen molar-refractivity contribution in [2.45, 2.75) is 20.8 Å². The molecule has 0 aliphatic rings. The second-order valence-corrected chi connectivity index (χ2v) is 5.18. The van der Waals surface area contributed by atoms with E-state index in [1.54, 1.807) is 6.20 Å². The van der Waals surface area contributed by atoms with Crippen LogP contribution in [0, 0.1) is 20.8 Å². The summed E-state index contributed by atoms with van der Waals surface area (Å²) in [4.78, 5) is 8.84. The average molecular weight is 280 g/mol. The van der Waals surface area contributed by atoms with E-state index in [9.17, 15) is 0 Å². The Hall–Kier alpha value is -2.69. The van der Waals surface area contributed by atoms with Gasteiger partial charge in [0.05, 0.1) is 0 Å². The van der Waals surface area contributed by atoms with Crippen LogP contribution in [0.5, 0.6) is 0 Å². The van der Waals surface area contributed by atoms with E-state index in [4.69, 9.17) is 10.3 Å². The maximum atomic E-state index is 5.76. The average Bonchev–Trinajstić information content (AvgIpc) is 2.87. The third kappa shape index (κ3) is 2.50. The maximum absolute atomic E-state index is 5.76. The summed E-state index contributed by atoms with van der Waals surface area (Å²) >= 11 is 0. The van der Waals surface area contributed by atoms with Crippen molar-refractivity contribution in [2.75, 3.05) is 5.73 Å². The zero-order valence-electron chi connectivity index (χ0n) is 12.2. The molecule has 2 aromatic heterocycles. The molecule has 0 unspecified atom stereocenters. The molecule has 0 amide bonds. The second kappa shape index (κ2) is 5.01. The van der Waals surface area contributed by atoms with Gasteiger partial charge in [0, 0.05) is 17.4 Å². The van der Waals surface area contributed by atoms with Crippen LogP contribution in [-0.4, -0.2) is 15.1 Å². The molecule has 0 bridgehead atoms. The minimum absolute atomic E-state index is 0.476. The van der Waals surface area contributed by atoms with Crippen LogP contribution in [0.2, 0.25) is 0 Å². The Bertz CT molecular complexity index is 742. The smallest absolute Gasteiger partial charge is 0.258 e. The lowest BCUT2D eigenvalue weighted by atomic mass is 10.1. The number of benzene rings is 1. The summed E-state index contributed by atoms with van der Waals surface area (Å²) in [5, 5.41) is 4.04. The van der Waals surface area contributed by atoms with E-state index in [1.807, 2.05) is 45.0 Å². The quantitative estimate of drug-likeness (QED) is 0.729. The fourth-order valence-electron chi connectivity index (χ4n) is 2.31. The molecule has 0 saturated heterocycles. The molecular formula is C16H16N4O. The molecule has 5 heteroatoms. The van der Waals surface area contributed by atoms with Crippen molar-refractivity contribution >= 4 is 5.69 Å². The van der Waals surface area contributed by atoms with Gasteiger partial charge in [0.15, 0.2) is 0 Å². The highest BCUT2D eigenvalue weighted by Gasteiger charge is 2.15. The van der Waals surface area contributed by atoms with Gasteiger partial charge in [0.1, 0.15) is 5.69 Å². The van der Waals surface area contributed by atoms with E-state index in [0.29, 0.717) is 17.4 Å². The molecule has 0 saturated carbocycles. The van der Waals surface area contributed by atoms with Crippen molar-refractivity contribution in [3.05, 3.63) is 47.2 Å². The van der Waals surface area contributed by atoms with Crippen molar-refractivity contribution in [1.82, 2.24) is 15.1 Å². The summed E-state index contributed by atoms with van der Waals surface area (Å²) < 4.78 is 5.37. The first-order chi connectivity index (χ1) is 10.0. The zero-order chi connectivity index (χ0) is 15.0. The number of aromatic nitrogens is 3. The lowest BCUT2D eigenvalue weighted by Crippen LogP contribution is -1.92. The first-order valence-electron chi connectivity index (χ1n) is 6.68. The number of nitrogens with two attached hydrogens (primary N) is 1. The zero-order valence-corrected chi connectivity index (χ0v) is 12.2. The first-order valence-corrected chi connectivity index (χ1v) is 6.68. The Morgan fingerprint density at radius 2 is 1.86 bits per heavy atom. The van der Waals surface area contributed by atoms with Gasteiger partial charge in [-0.25, -0.2) is 0 Å². The molecule has 21 heavy (non-hydrogen) atoms. The predicted octanol–water partition coefficient (Wildman–Crippen LogP) is 3.31. The second-order valence-electron chi connectivity index (χ2n) is 5.18. The fourth-order valence-corrected chi connectivity index (χ4v) is 2.31. The molecule has 0 fully saturated rings. The molecule has 3 rings (SSSR count). The van der Waals surface area contributed by atoms with Gasteiger partial charge in [-0.2, -0.15) is 4.98 Å². The molecule has 3 aromatic rings. The molecular weight excluding hydrogens is 264 g/mol. The van der Waals surface area contributed by atoms with Crippen LogP contribution < -0.4 is 5.73 Å². The van der Waals surface area contributed by atoms with E-state index in [-0.39, 0.29) is 0 Å². The normalized spacial score (nSPS) is 10.8. The summed E-state index contributed by atoms with van der Waals surface area (Å²) in [6, 6.07) is 7.64. The maximum Gasteiger partial charge on any atom is 0.258 e. The molecule has 106 valence electrons. The molecule has 0 spiro atoms. The molecule has 5 nitrogen and oxygen atoms in total. The molecule has 0 atom stereocenters. The number of nitrogen functional groups attached to an aromatic ring is 1. The lowest BCUT2D eigenvalue weighted by Gasteiger charge is -2.01. The molecule has 2 N–H and O–H groups in total. The number of nitrogens with zero attached hydrogens (tertiary/aromatic N) is 3. The van der Waals surface area contributed by atoms with Crippen molar-refractivity contribution in [3.8, 4) is 23.0 Å². The standard InChI is InChI=1S/C16H16N4O/c1-9-6-11(3)14(18-8-9)15-19-16(21-20-15)13-5-4-12(17)7-10(13)2/h4-8H,17H2,1-3H3. The Morgan fingerprint density at radius 3 is 2.57 bits per heavy atom. The van der Waals surface area contributed by atoms with Gasteiger partial charge < -0.3 is 10.3 Å². The third-order valence-electron chi connectivity index (χ3n) is 3.33. The number of anilines is 1. The first kappa shape index (κ1) is 13.3. The number of pyridine rings is 1. The van der Waals surface area contributed by atoms with Gasteiger partial charge in [-0.15, -0.1) is 0 Å². The van der Waals surface area contributed by atoms with E-state index in [1.165, 1.54) is 0 Å². The van der Waals surface area contributed by atoms with Crippen LogP contribution in [0.25, 0.3) is 23.0 Å². The predicted molar refractivity (Wildman–Crippen MR) is 81.6 cm³/mol. The van der Waals surface area contributed by atoms with Crippen LogP contribution in [0.1, 0.15) is 16.7 Å². The Balaban J connectivity index is 2.03. The third-order valence-corrected chi connectivity index (χ3v) is 3.33. The highest BCUT2D eigenvalue weighted by molar-refractivity contribution is 5.64. The van der Waals surface area contributed by atoms with Crippen LogP contribution in [0.3, 0.4) is 0 Å². The number of aryl methyl sites for hydroxylation is 3. The van der Waals surface area contributed by atoms with Crippen molar-refractivity contribution in [2.24, 2.45) is 0 Å². The monoisotopic (exact) mass is 280 g/mol. The minimum atomic E-state index is 0.476. The highest BCUT2D eigenvalue weighted by Crippen LogP contribution is 2.26. The van der Waals surface area contributed by atoms with Gasteiger partial charge in [-0.05, 0) is 55.7 Å². The van der Waals surface area contributed by atoms with Crippen LogP contribution in [-0.2, 0) is 0 Å². The molecule has 2 heterocycles. The van der Waals surface area contributed by atoms with E-state index in [0.717, 1.165) is 27.9 Å². The van der Waals surface area contributed by atoms with Gasteiger partial charge in [0.2, 0.25) is 5.82 Å². The Labute approximate surface area is 122 Å². The fraction of sp³-hybridized carbons (Fsp3) is 0.188. The SMILES string of the molecule is Cc1cnc(-c2noc(-c3ccc(N)cc3C)n2)c(C)c1. The summed E-state index contributed by atoms with van der Waals surface area (Å²) in [5.74, 6) is 0.975. The van der Waals surface area contributed by atoms with Gasteiger partial charge in [-0.1, -0.05) is 11.2 Å². The number of hydrogen-bond acceptors (Lipinski definition) is 5. The Kier molecular flexibility index (Phi) is 3.17. The summed E-state index contributed by atoms with van der Waals surface area (Å²) in [7, 11) is 0. The van der Waals surface area contributed by atoms with Crippen LogP contribution in [0.15, 0.2) is 35.0 Å². The number of rotatable bonds is 2. The van der Waals surface area contributed by atoms with Gasteiger partial charge in [-0.3, -0.25) is 4.98 Å². The summed E-state index contributed by atoms with van der Waals surface area (Å²) in [6.07, 6.45) is 1.80. The van der Waals surface area contributed by atoms with Crippen LogP contribution >= 0.6 is 0 Å². The van der Waals surface area contributed by atoms with Crippen molar-refractivity contribution < 1.29 is 4.52 Å². The largest absolute Gasteiger partial charge is 0.399 e. The van der Waals surface area contributed by atoms with Crippen molar-refractivity contribution in [1.29, 1.82) is 0 Å². The Morgan fingerprint density at radius 1 is 1.05 bits per heavy atom. The van der Waals surface area contributed by atoms with E-state index in [2.05, 4.69) is 15.1 Å². The topological polar surface area (TPSA) is 77.8 Å². The van der Waals surface area contributed by atoms with Crippen LogP contribution in [0.4, 0.5) is 5.69 Å². The molecule has 0 aliphatic heterocycles.